The van der Waals surface area contributed by atoms with E-state index in [0.29, 0.717) is 18.1 Å². The Balaban J connectivity index is 1.64. The summed E-state index contributed by atoms with van der Waals surface area (Å²) in [5.74, 6) is 0.125. The van der Waals surface area contributed by atoms with Crippen LogP contribution in [0.15, 0.2) is 30.3 Å². The fraction of sp³-hybridized carbons (Fsp3) is 0.632. The number of piperidine rings is 1. The zero-order valence-electron chi connectivity index (χ0n) is 14.9. The third-order valence-electron chi connectivity index (χ3n) is 5.63. The van der Waals surface area contributed by atoms with Gasteiger partial charge >= 0.3 is 0 Å². The molecule has 5 nitrogen and oxygen atoms in total. The van der Waals surface area contributed by atoms with Crippen LogP contribution >= 0.6 is 0 Å². The Bertz CT molecular complexity index is 533. The molecule has 1 aromatic rings. The number of carbonyl (C=O) groups is 1. The van der Waals surface area contributed by atoms with Crippen molar-refractivity contribution in [2.75, 3.05) is 27.8 Å². The largest absolute Gasteiger partial charge is 0.355 e. The normalized spacial score (nSPS) is 26.8. The highest BCUT2D eigenvalue weighted by molar-refractivity contribution is 5.94. The van der Waals surface area contributed by atoms with Crippen LogP contribution in [0.25, 0.3) is 0 Å². The Kier molecular flexibility index (Phi) is 5.54. The number of hydrogen-bond acceptors (Lipinski definition) is 4. The van der Waals surface area contributed by atoms with Crippen LogP contribution in [0.4, 0.5) is 0 Å². The quantitative estimate of drug-likeness (QED) is 0.750. The van der Waals surface area contributed by atoms with Crippen LogP contribution in [0.3, 0.4) is 0 Å². The van der Waals surface area contributed by atoms with Gasteiger partial charge in [-0.15, -0.1) is 0 Å². The van der Waals surface area contributed by atoms with Gasteiger partial charge < -0.3 is 14.4 Å². The minimum absolute atomic E-state index is 0.125. The van der Waals surface area contributed by atoms with E-state index in [-0.39, 0.29) is 12.2 Å². The molecule has 0 aromatic heterocycles. The molecule has 0 radical (unpaired) electrons. The standard InChI is InChI=1S/C19H28N2O3/c1-20(19(22)14-7-5-4-6-8-14)17-11-15-9-10-16(12-17)21(15)13-18(23-2)24-3/h4-8,15-18H,9-13H2,1-3H3. The van der Waals surface area contributed by atoms with Crippen molar-refractivity contribution >= 4 is 5.91 Å². The Hall–Kier alpha value is -1.43. The van der Waals surface area contributed by atoms with Gasteiger partial charge in [0.1, 0.15) is 0 Å². The van der Waals surface area contributed by atoms with E-state index in [1.807, 2.05) is 42.3 Å². The van der Waals surface area contributed by atoms with Crippen molar-refractivity contribution in [3.05, 3.63) is 35.9 Å². The van der Waals surface area contributed by atoms with Gasteiger partial charge in [-0.3, -0.25) is 9.69 Å². The van der Waals surface area contributed by atoms with E-state index in [2.05, 4.69) is 4.90 Å². The number of methoxy groups -OCH3 is 2. The lowest BCUT2D eigenvalue weighted by Crippen LogP contribution is -2.52. The van der Waals surface area contributed by atoms with Crippen molar-refractivity contribution in [2.24, 2.45) is 0 Å². The first-order valence-electron chi connectivity index (χ1n) is 8.77. The van der Waals surface area contributed by atoms with Crippen LogP contribution in [-0.2, 0) is 9.47 Å². The molecule has 2 heterocycles. The Labute approximate surface area is 144 Å². The molecule has 24 heavy (non-hydrogen) atoms. The lowest BCUT2D eigenvalue weighted by atomic mass is 9.95. The van der Waals surface area contributed by atoms with Gasteiger partial charge in [0, 0.05) is 45.0 Å². The summed E-state index contributed by atoms with van der Waals surface area (Å²) in [5, 5.41) is 0. The molecule has 2 unspecified atom stereocenters. The summed E-state index contributed by atoms with van der Waals surface area (Å²) in [6, 6.07) is 10.9. The van der Waals surface area contributed by atoms with Gasteiger partial charge in [0.2, 0.25) is 0 Å². The summed E-state index contributed by atoms with van der Waals surface area (Å²) in [4.78, 5) is 17.2. The molecule has 2 bridgehead atoms. The average molecular weight is 332 g/mol. The highest BCUT2D eigenvalue weighted by Crippen LogP contribution is 2.37. The SMILES string of the molecule is COC(CN1C2CCC1CC(N(C)C(=O)c1ccccc1)C2)OC. The van der Waals surface area contributed by atoms with Crippen molar-refractivity contribution in [2.45, 2.75) is 50.1 Å². The first-order chi connectivity index (χ1) is 11.6. The van der Waals surface area contributed by atoms with E-state index in [4.69, 9.17) is 9.47 Å². The minimum Gasteiger partial charge on any atom is -0.355 e. The molecule has 0 aliphatic carbocycles. The van der Waals surface area contributed by atoms with Gasteiger partial charge in [0.05, 0.1) is 6.54 Å². The molecule has 3 rings (SSSR count). The number of hydrogen-bond donors (Lipinski definition) is 0. The first kappa shape index (κ1) is 17.4. The summed E-state index contributed by atoms with van der Waals surface area (Å²) in [5.41, 5.74) is 0.772. The molecule has 2 aliphatic heterocycles. The average Bonchev–Trinajstić information content (AvgIpc) is 2.85. The number of rotatable bonds is 6. The minimum atomic E-state index is -0.173. The van der Waals surface area contributed by atoms with Gasteiger partial charge in [-0.05, 0) is 37.8 Å². The molecule has 132 valence electrons. The third kappa shape index (κ3) is 3.48. The highest BCUT2D eigenvalue weighted by atomic mass is 16.7. The lowest BCUT2D eigenvalue weighted by Gasteiger charge is -2.43. The van der Waals surface area contributed by atoms with E-state index in [1.54, 1.807) is 14.2 Å². The molecule has 2 atom stereocenters. The Morgan fingerprint density at radius 1 is 1.17 bits per heavy atom. The van der Waals surface area contributed by atoms with Crippen molar-refractivity contribution in [3.8, 4) is 0 Å². The predicted molar refractivity (Wildman–Crippen MR) is 92.9 cm³/mol. The van der Waals surface area contributed by atoms with E-state index >= 15 is 0 Å². The monoisotopic (exact) mass is 332 g/mol. The van der Waals surface area contributed by atoms with Gasteiger partial charge in [-0.2, -0.15) is 0 Å². The second-order valence-electron chi connectivity index (χ2n) is 6.89. The fourth-order valence-corrected chi connectivity index (χ4v) is 4.23. The molecule has 5 heteroatoms. The molecule has 2 fully saturated rings. The molecule has 1 amide bonds. The van der Waals surface area contributed by atoms with Crippen molar-refractivity contribution in [3.63, 3.8) is 0 Å². The predicted octanol–water partition coefficient (Wildman–Crippen LogP) is 2.37. The number of nitrogens with zero attached hydrogens (tertiary/aromatic N) is 2. The number of ether oxygens (including phenoxy) is 2. The Morgan fingerprint density at radius 2 is 1.75 bits per heavy atom. The zero-order chi connectivity index (χ0) is 17.1. The van der Waals surface area contributed by atoms with Crippen LogP contribution in [0.5, 0.6) is 0 Å². The van der Waals surface area contributed by atoms with Crippen molar-refractivity contribution in [1.29, 1.82) is 0 Å². The second-order valence-corrected chi connectivity index (χ2v) is 6.89. The Morgan fingerprint density at radius 3 is 2.29 bits per heavy atom. The summed E-state index contributed by atoms with van der Waals surface area (Å²) in [6.45, 7) is 0.811. The number of carbonyl (C=O) groups excluding carboxylic acids is 1. The van der Waals surface area contributed by atoms with Gasteiger partial charge in [0.15, 0.2) is 6.29 Å². The summed E-state index contributed by atoms with van der Waals surface area (Å²) in [7, 11) is 5.33. The molecular formula is C19H28N2O3. The molecule has 2 saturated heterocycles. The molecule has 0 saturated carbocycles. The molecule has 2 aliphatic rings. The van der Waals surface area contributed by atoms with Crippen LogP contribution in [-0.4, -0.2) is 67.9 Å². The van der Waals surface area contributed by atoms with E-state index in [1.165, 1.54) is 12.8 Å². The summed E-state index contributed by atoms with van der Waals surface area (Å²) >= 11 is 0. The highest BCUT2D eigenvalue weighted by Gasteiger charge is 2.43. The lowest BCUT2D eigenvalue weighted by molar-refractivity contribution is -0.126. The molecular weight excluding hydrogens is 304 g/mol. The van der Waals surface area contributed by atoms with Crippen LogP contribution in [0.2, 0.25) is 0 Å². The fourth-order valence-electron chi connectivity index (χ4n) is 4.23. The second kappa shape index (κ2) is 7.64. The maximum absolute atomic E-state index is 12.7. The maximum atomic E-state index is 12.7. The van der Waals surface area contributed by atoms with Crippen LogP contribution in [0, 0.1) is 0 Å². The smallest absolute Gasteiger partial charge is 0.253 e. The van der Waals surface area contributed by atoms with E-state index < -0.39 is 0 Å². The van der Waals surface area contributed by atoms with Crippen molar-refractivity contribution in [1.82, 2.24) is 9.80 Å². The summed E-state index contributed by atoms with van der Waals surface area (Å²) < 4.78 is 10.7. The number of benzene rings is 1. The zero-order valence-corrected chi connectivity index (χ0v) is 14.9. The van der Waals surface area contributed by atoms with E-state index in [0.717, 1.165) is 24.9 Å². The molecule has 0 N–H and O–H groups in total. The van der Waals surface area contributed by atoms with Crippen LogP contribution in [0.1, 0.15) is 36.0 Å². The van der Waals surface area contributed by atoms with Gasteiger partial charge in [-0.1, -0.05) is 18.2 Å². The number of fused-ring (bicyclic) bond motifs is 2. The maximum Gasteiger partial charge on any atom is 0.253 e. The first-order valence-corrected chi connectivity index (χ1v) is 8.77. The third-order valence-corrected chi connectivity index (χ3v) is 5.63. The van der Waals surface area contributed by atoms with Gasteiger partial charge in [0.25, 0.3) is 5.91 Å². The van der Waals surface area contributed by atoms with E-state index in [9.17, 15) is 4.79 Å². The molecule has 1 aromatic carbocycles. The summed E-state index contributed by atoms with van der Waals surface area (Å²) in [6.07, 6.45) is 4.30. The van der Waals surface area contributed by atoms with Crippen LogP contribution < -0.4 is 0 Å². The van der Waals surface area contributed by atoms with Gasteiger partial charge in [-0.25, -0.2) is 0 Å². The van der Waals surface area contributed by atoms with Crippen molar-refractivity contribution < 1.29 is 14.3 Å². The molecule has 0 spiro atoms. The topological polar surface area (TPSA) is 42.0 Å². The number of amides is 1.